The Morgan fingerprint density at radius 2 is 1.95 bits per heavy atom. The van der Waals surface area contributed by atoms with Gasteiger partial charge in [0.1, 0.15) is 5.75 Å². The maximum absolute atomic E-state index is 12.0. The molecule has 0 saturated carbocycles. The zero-order valence-electron chi connectivity index (χ0n) is 11.0. The Morgan fingerprint density at radius 1 is 1.32 bits per heavy atom. The summed E-state index contributed by atoms with van der Waals surface area (Å²) in [7, 11) is 1.61. The number of carbonyl (C=O) groups is 1. The third-order valence-corrected chi connectivity index (χ3v) is 3.41. The topological polar surface area (TPSA) is 70.0 Å². The normalized spacial score (nSPS) is 22.6. The molecule has 2 N–H and O–H groups in total. The van der Waals surface area contributed by atoms with Crippen LogP contribution in [-0.2, 0) is 11.2 Å². The van der Waals surface area contributed by atoms with Gasteiger partial charge in [-0.15, -0.1) is 0 Å². The van der Waals surface area contributed by atoms with Crippen molar-refractivity contribution in [2.75, 3.05) is 20.2 Å². The fourth-order valence-corrected chi connectivity index (χ4v) is 2.28. The van der Waals surface area contributed by atoms with Crippen molar-refractivity contribution in [2.24, 2.45) is 0 Å². The molecule has 104 valence electrons. The van der Waals surface area contributed by atoms with Crippen LogP contribution in [0.1, 0.15) is 12.0 Å². The van der Waals surface area contributed by atoms with Crippen LogP contribution in [0.25, 0.3) is 0 Å². The molecule has 5 nitrogen and oxygen atoms in total. The van der Waals surface area contributed by atoms with E-state index in [1.807, 2.05) is 24.3 Å². The van der Waals surface area contributed by atoms with Crippen LogP contribution in [0, 0.1) is 0 Å². The van der Waals surface area contributed by atoms with Crippen molar-refractivity contribution < 1.29 is 19.7 Å². The van der Waals surface area contributed by atoms with Crippen LogP contribution in [0.4, 0.5) is 0 Å². The maximum atomic E-state index is 12.0. The van der Waals surface area contributed by atoms with E-state index in [0.717, 1.165) is 11.3 Å². The maximum Gasteiger partial charge on any atom is 0.223 e. The number of carbonyl (C=O) groups excluding carboxylic acids is 1. The van der Waals surface area contributed by atoms with Crippen molar-refractivity contribution in [3.8, 4) is 5.75 Å². The van der Waals surface area contributed by atoms with E-state index < -0.39 is 12.2 Å². The molecule has 2 rings (SSSR count). The summed E-state index contributed by atoms with van der Waals surface area (Å²) in [4.78, 5) is 13.5. The van der Waals surface area contributed by atoms with Gasteiger partial charge in [0.25, 0.3) is 0 Å². The van der Waals surface area contributed by atoms with Crippen LogP contribution in [0.15, 0.2) is 24.3 Å². The van der Waals surface area contributed by atoms with E-state index in [-0.39, 0.29) is 19.0 Å². The number of hydrogen-bond acceptors (Lipinski definition) is 4. The van der Waals surface area contributed by atoms with Gasteiger partial charge in [-0.2, -0.15) is 0 Å². The molecule has 1 aliphatic rings. The van der Waals surface area contributed by atoms with Gasteiger partial charge in [-0.3, -0.25) is 4.79 Å². The first-order valence-electron chi connectivity index (χ1n) is 6.37. The lowest BCUT2D eigenvalue weighted by atomic mass is 10.1. The van der Waals surface area contributed by atoms with Crippen molar-refractivity contribution in [1.29, 1.82) is 0 Å². The van der Waals surface area contributed by atoms with Gasteiger partial charge in [0.05, 0.1) is 19.3 Å². The molecular formula is C14H19NO4. The van der Waals surface area contributed by atoms with E-state index in [1.54, 1.807) is 7.11 Å². The number of nitrogens with zero attached hydrogens (tertiary/aromatic N) is 1. The minimum Gasteiger partial charge on any atom is -0.496 e. The lowest BCUT2D eigenvalue weighted by molar-refractivity contribution is -0.130. The van der Waals surface area contributed by atoms with Gasteiger partial charge in [0, 0.05) is 19.5 Å². The summed E-state index contributed by atoms with van der Waals surface area (Å²) in [5.74, 6) is 0.721. The summed E-state index contributed by atoms with van der Waals surface area (Å²) < 4.78 is 5.23. The van der Waals surface area contributed by atoms with Crippen LogP contribution in [-0.4, -0.2) is 53.4 Å². The number of aliphatic hydroxyl groups excluding tert-OH is 2. The Hall–Kier alpha value is -1.59. The van der Waals surface area contributed by atoms with Gasteiger partial charge in [-0.1, -0.05) is 18.2 Å². The Morgan fingerprint density at radius 3 is 2.58 bits per heavy atom. The molecule has 2 atom stereocenters. The summed E-state index contributed by atoms with van der Waals surface area (Å²) in [6.07, 6.45) is -0.712. The van der Waals surface area contributed by atoms with E-state index in [4.69, 9.17) is 4.74 Å². The second kappa shape index (κ2) is 6.04. The minimum absolute atomic E-state index is 0.0542. The smallest absolute Gasteiger partial charge is 0.223 e. The number of methoxy groups -OCH3 is 1. The molecule has 1 heterocycles. The molecule has 19 heavy (non-hydrogen) atoms. The Labute approximate surface area is 112 Å². The molecule has 1 fully saturated rings. The molecule has 1 saturated heterocycles. The average Bonchev–Trinajstić information content (AvgIpc) is 2.76. The Bertz CT molecular complexity index is 439. The summed E-state index contributed by atoms with van der Waals surface area (Å²) in [6, 6.07) is 7.59. The van der Waals surface area contributed by atoms with Crippen molar-refractivity contribution >= 4 is 5.91 Å². The zero-order valence-corrected chi connectivity index (χ0v) is 11.0. The molecule has 1 amide bonds. The zero-order chi connectivity index (χ0) is 13.8. The number of amides is 1. The molecule has 1 aromatic carbocycles. The first-order chi connectivity index (χ1) is 9.11. The van der Waals surface area contributed by atoms with Crippen LogP contribution < -0.4 is 4.74 Å². The van der Waals surface area contributed by atoms with Crippen LogP contribution in [0.2, 0.25) is 0 Å². The van der Waals surface area contributed by atoms with Crippen LogP contribution >= 0.6 is 0 Å². The number of rotatable bonds is 4. The number of aryl methyl sites for hydroxylation is 1. The number of β-amino-alcohol motifs (C(OH)–C–C–N with tert-alkyl or cyclic N) is 2. The van der Waals surface area contributed by atoms with E-state index in [2.05, 4.69) is 0 Å². The highest BCUT2D eigenvalue weighted by Crippen LogP contribution is 2.20. The second-order valence-corrected chi connectivity index (χ2v) is 4.75. The molecule has 0 spiro atoms. The van der Waals surface area contributed by atoms with Crippen molar-refractivity contribution in [3.05, 3.63) is 29.8 Å². The van der Waals surface area contributed by atoms with E-state index in [1.165, 1.54) is 4.90 Å². The van der Waals surface area contributed by atoms with E-state index in [0.29, 0.717) is 12.8 Å². The highest BCUT2D eigenvalue weighted by atomic mass is 16.5. The molecular weight excluding hydrogens is 246 g/mol. The lowest BCUT2D eigenvalue weighted by Gasteiger charge is -2.15. The summed E-state index contributed by atoms with van der Waals surface area (Å²) in [6.45, 7) is 0.428. The Balaban J connectivity index is 1.90. The third-order valence-electron chi connectivity index (χ3n) is 3.41. The summed E-state index contributed by atoms with van der Waals surface area (Å²) >= 11 is 0. The van der Waals surface area contributed by atoms with Gasteiger partial charge in [0.15, 0.2) is 0 Å². The first-order valence-corrected chi connectivity index (χ1v) is 6.37. The number of benzene rings is 1. The first kappa shape index (κ1) is 13.8. The van der Waals surface area contributed by atoms with Crippen LogP contribution in [0.3, 0.4) is 0 Å². The molecule has 5 heteroatoms. The standard InChI is InChI=1S/C14H19NO4/c1-19-13-5-3-2-4-10(13)6-7-14(18)15-8-11(16)12(17)9-15/h2-5,11-12,16-17H,6-9H2,1H3/t11-,12+. The molecule has 1 aliphatic heterocycles. The van der Waals surface area contributed by atoms with Crippen LogP contribution in [0.5, 0.6) is 5.75 Å². The van der Waals surface area contributed by atoms with Crippen molar-refractivity contribution in [1.82, 2.24) is 4.90 Å². The number of hydrogen-bond donors (Lipinski definition) is 2. The second-order valence-electron chi connectivity index (χ2n) is 4.75. The largest absolute Gasteiger partial charge is 0.496 e. The predicted octanol–water partition coefficient (Wildman–Crippen LogP) is 0.192. The lowest BCUT2D eigenvalue weighted by Crippen LogP contribution is -2.29. The van der Waals surface area contributed by atoms with Crippen molar-refractivity contribution in [3.63, 3.8) is 0 Å². The number of para-hydroxylation sites is 1. The van der Waals surface area contributed by atoms with Gasteiger partial charge in [0.2, 0.25) is 5.91 Å². The van der Waals surface area contributed by atoms with Crippen molar-refractivity contribution in [2.45, 2.75) is 25.0 Å². The molecule has 0 aliphatic carbocycles. The Kier molecular flexibility index (Phi) is 4.39. The number of ether oxygens (including phenoxy) is 1. The third kappa shape index (κ3) is 3.24. The van der Waals surface area contributed by atoms with Gasteiger partial charge < -0.3 is 19.8 Å². The average molecular weight is 265 g/mol. The van der Waals surface area contributed by atoms with Gasteiger partial charge in [-0.25, -0.2) is 0 Å². The molecule has 0 unspecified atom stereocenters. The fraction of sp³-hybridized carbons (Fsp3) is 0.500. The summed E-state index contributed by atoms with van der Waals surface area (Å²) in [5.41, 5.74) is 0.985. The molecule has 0 aromatic heterocycles. The van der Waals surface area contributed by atoms with E-state index in [9.17, 15) is 15.0 Å². The highest BCUT2D eigenvalue weighted by molar-refractivity contribution is 5.77. The van der Waals surface area contributed by atoms with E-state index >= 15 is 0 Å². The molecule has 0 radical (unpaired) electrons. The monoisotopic (exact) mass is 265 g/mol. The van der Waals surface area contributed by atoms with Gasteiger partial charge >= 0.3 is 0 Å². The fourth-order valence-electron chi connectivity index (χ4n) is 2.28. The molecule has 0 bridgehead atoms. The minimum atomic E-state index is -0.824. The number of aliphatic hydroxyl groups is 2. The SMILES string of the molecule is COc1ccccc1CCC(=O)N1C[C@@H](O)[C@@H](O)C1. The number of likely N-dealkylation sites (tertiary alicyclic amines) is 1. The summed E-state index contributed by atoms with van der Waals surface area (Å²) in [5, 5.41) is 18.8. The van der Waals surface area contributed by atoms with Gasteiger partial charge in [-0.05, 0) is 18.1 Å². The highest BCUT2D eigenvalue weighted by Gasteiger charge is 2.32. The predicted molar refractivity (Wildman–Crippen MR) is 69.9 cm³/mol. The quantitative estimate of drug-likeness (QED) is 0.815. The molecule has 1 aromatic rings.